The van der Waals surface area contributed by atoms with Crippen LogP contribution < -0.4 is 0 Å². The van der Waals surface area contributed by atoms with E-state index in [-0.39, 0.29) is 0 Å². The number of hydrogen-bond acceptors (Lipinski definition) is 1. The molecule has 0 N–H and O–H groups in total. The molecule has 0 rings (SSSR count). The zero-order valence-corrected chi connectivity index (χ0v) is 5.13. The normalized spacial score (nSPS) is 9.75. The van der Waals surface area contributed by atoms with Crippen LogP contribution in [0.1, 0.15) is 13.8 Å². The van der Waals surface area contributed by atoms with E-state index in [2.05, 4.69) is 16.6 Å². The Balaban J connectivity index is 4.11. The number of hydrogen-bond donors (Lipinski definition) is 0. The molecule has 0 fully saturated rings. The molecule has 0 spiro atoms. The van der Waals surface area contributed by atoms with Crippen LogP contribution in [-0.2, 0) is 0 Å². The molecule has 44 valence electrons. The maximum atomic E-state index is 7.94. The van der Waals surface area contributed by atoms with E-state index in [9.17, 15) is 0 Å². The van der Waals surface area contributed by atoms with Crippen LogP contribution in [-0.4, -0.2) is 5.54 Å². The van der Waals surface area contributed by atoms with E-state index in [0.29, 0.717) is 0 Å². The molecule has 0 amide bonds. The van der Waals surface area contributed by atoms with E-state index in [0.717, 1.165) is 0 Å². The van der Waals surface area contributed by atoms with Gasteiger partial charge in [0.15, 0.2) is 0 Å². The molecule has 0 aromatic rings. The Morgan fingerprint density at radius 1 is 1.75 bits per heavy atom. The van der Waals surface area contributed by atoms with Crippen molar-refractivity contribution in [1.82, 2.24) is 0 Å². The monoisotopic (exact) mass is 111 g/mol. The van der Waals surface area contributed by atoms with E-state index in [1.807, 2.05) is 0 Å². The van der Waals surface area contributed by atoms with E-state index in [1.54, 1.807) is 19.9 Å². The van der Waals surface area contributed by atoms with Crippen molar-refractivity contribution >= 4 is 0 Å². The molecule has 0 aromatic carbocycles. The van der Waals surface area contributed by atoms with Gasteiger partial charge in [-0.15, -0.1) is 6.58 Å². The van der Waals surface area contributed by atoms with Gasteiger partial charge in [0.2, 0.25) is 0 Å². The minimum atomic E-state index is -0.436. The van der Waals surface area contributed by atoms with Crippen LogP contribution in [0.5, 0.6) is 0 Å². The average Bonchev–Trinajstić information content (AvgIpc) is 1.67. The number of azide groups is 1. The van der Waals surface area contributed by atoms with Crippen LogP contribution in [0.15, 0.2) is 17.8 Å². The van der Waals surface area contributed by atoms with Crippen molar-refractivity contribution in [2.24, 2.45) is 5.11 Å². The third-order valence-corrected chi connectivity index (χ3v) is 0.802. The van der Waals surface area contributed by atoms with Crippen molar-refractivity contribution in [1.29, 1.82) is 0 Å². The van der Waals surface area contributed by atoms with Gasteiger partial charge in [-0.3, -0.25) is 0 Å². The third-order valence-electron chi connectivity index (χ3n) is 0.802. The molecule has 0 unspecified atom stereocenters. The lowest BCUT2D eigenvalue weighted by atomic mass is 10.1. The van der Waals surface area contributed by atoms with Crippen molar-refractivity contribution in [3.8, 4) is 0 Å². The second-order valence-corrected chi connectivity index (χ2v) is 2.05. The summed E-state index contributed by atoms with van der Waals surface area (Å²) in [5, 5.41) is 3.44. The highest BCUT2D eigenvalue weighted by Gasteiger charge is 2.07. The molecule has 0 atom stereocenters. The van der Waals surface area contributed by atoms with E-state index >= 15 is 0 Å². The largest absolute Gasteiger partial charge is 0.102 e. The summed E-state index contributed by atoms with van der Waals surface area (Å²) in [5.74, 6) is 0. The highest BCUT2D eigenvalue weighted by molar-refractivity contribution is 4.95. The van der Waals surface area contributed by atoms with Gasteiger partial charge in [0.25, 0.3) is 0 Å². The molecule has 0 bridgehead atoms. The topological polar surface area (TPSA) is 48.8 Å². The first-order valence-corrected chi connectivity index (χ1v) is 2.32. The van der Waals surface area contributed by atoms with Crippen LogP contribution in [0.3, 0.4) is 0 Å². The summed E-state index contributed by atoms with van der Waals surface area (Å²) in [6.45, 7) is 7.07. The minimum absolute atomic E-state index is 0.436. The van der Waals surface area contributed by atoms with Crippen molar-refractivity contribution in [3.63, 3.8) is 0 Å². The highest BCUT2D eigenvalue weighted by atomic mass is 15.2. The lowest BCUT2D eigenvalue weighted by Crippen LogP contribution is -2.09. The second-order valence-electron chi connectivity index (χ2n) is 2.05. The maximum Gasteiger partial charge on any atom is 0.0609 e. The van der Waals surface area contributed by atoms with Crippen molar-refractivity contribution in [3.05, 3.63) is 23.1 Å². The standard InChI is InChI=1S/C5H9N3/c1-4-5(2,3)7-8-6/h4H,1H2,2-3H3. The molecule has 0 radical (unpaired) electrons. The lowest BCUT2D eigenvalue weighted by molar-refractivity contribution is 0.650. The van der Waals surface area contributed by atoms with Gasteiger partial charge in [-0.2, -0.15) is 0 Å². The first-order valence-electron chi connectivity index (χ1n) is 2.32. The molecular formula is C5H9N3. The summed E-state index contributed by atoms with van der Waals surface area (Å²) in [5.41, 5.74) is 7.51. The summed E-state index contributed by atoms with van der Waals surface area (Å²) in [7, 11) is 0. The van der Waals surface area contributed by atoms with Gasteiger partial charge in [-0.25, -0.2) is 0 Å². The molecular weight excluding hydrogens is 102 g/mol. The average molecular weight is 111 g/mol. The molecule has 0 heterocycles. The molecule has 0 aliphatic heterocycles. The predicted octanol–water partition coefficient (Wildman–Crippen LogP) is 2.26. The van der Waals surface area contributed by atoms with Crippen LogP contribution in [0, 0.1) is 0 Å². The zero-order chi connectivity index (χ0) is 6.62. The fraction of sp³-hybridized carbons (Fsp3) is 0.600. The second kappa shape index (κ2) is 2.38. The molecule has 3 heteroatoms. The first-order chi connectivity index (χ1) is 3.62. The third kappa shape index (κ3) is 2.26. The fourth-order valence-corrected chi connectivity index (χ4v) is 0.156. The van der Waals surface area contributed by atoms with Gasteiger partial charge in [0.05, 0.1) is 5.54 Å². The Bertz CT molecular complexity index is 131. The summed E-state index contributed by atoms with van der Waals surface area (Å²) in [4.78, 5) is 2.63. The number of nitrogens with zero attached hydrogens (tertiary/aromatic N) is 3. The highest BCUT2D eigenvalue weighted by Crippen LogP contribution is 2.08. The molecule has 0 aliphatic carbocycles. The fourth-order valence-electron chi connectivity index (χ4n) is 0.156. The minimum Gasteiger partial charge on any atom is -0.102 e. The van der Waals surface area contributed by atoms with Crippen LogP contribution in [0.2, 0.25) is 0 Å². The van der Waals surface area contributed by atoms with Gasteiger partial charge in [-0.05, 0) is 5.53 Å². The van der Waals surface area contributed by atoms with Crippen LogP contribution >= 0.6 is 0 Å². The predicted molar refractivity (Wildman–Crippen MR) is 33.4 cm³/mol. The van der Waals surface area contributed by atoms with Crippen molar-refractivity contribution in [2.45, 2.75) is 19.4 Å². The smallest absolute Gasteiger partial charge is 0.0609 e. The van der Waals surface area contributed by atoms with Gasteiger partial charge >= 0.3 is 0 Å². The molecule has 0 saturated carbocycles. The first kappa shape index (κ1) is 7.05. The lowest BCUT2D eigenvalue weighted by Gasteiger charge is -2.08. The van der Waals surface area contributed by atoms with E-state index in [1.165, 1.54) is 0 Å². The van der Waals surface area contributed by atoms with Gasteiger partial charge in [-0.1, -0.05) is 25.0 Å². The van der Waals surface area contributed by atoms with E-state index in [4.69, 9.17) is 5.53 Å². The van der Waals surface area contributed by atoms with Crippen LogP contribution in [0.25, 0.3) is 10.4 Å². The summed E-state index contributed by atoms with van der Waals surface area (Å²) in [6, 6.07) is 0. The summed E-state index contributed by atoms with van der Waals surface area (Å²) in [6.07, 6.45) is 1.60. The SMILES string of the molecule is C=CC(C)(C)N=[N+]=[N-]. The molecule has 3 nitrogen and oxygen atoms in total. The molecule has 0 aromatic heterocycles. The van der Waals surface area contributed by atoms with E-state index < -0.39 is 5.54 Å². The Morgan fingerprint density at radius 3 is 2.38 bits per heavy atom. The maximum absolute atomic E-state index is 7.94. The Labute approximate surface area is 48.6 Å². The number of rotatable bonds is 2. The van der Waals surface area contributed by atoms with Crippen LogP contribution in [0.4, 0.5) is 0 Å². The molecule has 0 aliphatic rings. The summed E-state index contributed by atoms with van der Waals surface area (Å²) >= 11 is 0. The zero-order valence-electron chi connectivity index (χ0n) is 5.13. The van der Waals surface area contributed by atoms with Crippen molar-refractivity contribution in [2.75, 3.05) is 0 Å². The van der Waals surface area contributed by atoms with Gasteiger partial charge in [0.1, 0.15) is 0 Å². The van der Waals surface area contributed by atoms with Gasteiger partial charge < -0.3 is 0 Å². The Kier molecular flexibility index (Phi) is 2.10. The molecule has 8 heavy (non-hydrogen) atoms. The Hall–Kier alpha value is -0.950. The quantitative estimate of drug-likeness (QED) is 0.227. The Morgan fingerprint density at radius 2 is 2.25 bits per heavy atom. The van der Waals surface area contributed by atoms with Gasteiger partial charge in [0, 0.05) is 4.91 Å². The summed E-state index contributed by atoms with van der Waals surface area (Å²) < 4.78 is 0. The molecule has 0 saturated heterocycles. The van der Waals surface area contributed by atoms with Crippen molar-refractivity contribution < 1.29 is 0 Å².